The highest BCUT2D eigenvalue weighted by Gasteiger charge is 2.23. The molecule has 1 amide bonds. The Morgan fingerprint density at radius 1 is 0.974 bits per heavy atom. The standard InChI is InChI=1S/C29H23F2N7O/c1-29(2,3)28(39)34-16-12-15(13-32-14-16)17-8-9-21-22(23(17)31)25(38-37-21)27-35-24-19(10-11-33-26(24)36-27)18-6-4-5-7-20(18)30/h4-14H,1-3H3,(H,34,39)(H,37,38)(H,33,35,36). The number of hydrogen-bond donors (Lipinski definition) is 3. The number of anilines is 1. The first kappa shape index (κ1) is 24.4. The van der Waals surface area contributed by atoms with Gasteiger partial charge in [-0.05, 0) is 30.3 Å². The van der Waals surface area contributed by atoms with Crippen molar-refractivity contribution in [2.75, 3.05) is 5.32 Å². The van der Waals surface area contributed by atoms with E-state index in [9.17, 15) is 9.18 Å². The summed E-state index contributed by atoms with van der Waals surface area (Å²) in [5, 5.41) is 10.2. The van der Waals surface area contributed by atoms with Crippen molar-refractivity contribution in [3.63, 3.8) is 0 Å². The van der Waals surface area contributed by atoms with Crippen LogP contribution in [-0.2, 0) is 4.79 Å². The van der Waals surface area contributed by atoms with Crippen LogP contribution in [0.5, 0.6) is 0 Å². The van der Waals surface area contributed by atoms with Crippen LogP contribution in [0.25, 0.3) is 55.8 Å². The number of aromatic nitrogens is 6. The average Bonchev–Trinajstić information content (AvgIpc) is 3.53. The molecular formula is C29H23F2N7O. The number of hydrogen-bond acceptors (Lipinski definition) is 5. The molecule has 0 unspecified atom stereocenters. The Hall–Kier alpha value is -4.99. The molecule has 0 aliphatic heterocycles. The molecule has 6 aromatic rings. The molecule has 0 spiro atoms. The van der Waals surface area contributed by atoms with Crippen LogP contribution in [0.2, 0.25) is 0 Å². The lowest BCUT2D eigenvalue weighted by Gasteiger charge is -2.17. The highest BCUT2D eigenvalue weighted by Crippen LogP contribution is 2.36. The number of pyridine rings is 2. The number of halogens is 2. The average molecular weight is 524 g/mol. The zero-order valence-electron chi connectivity index (χ0n) is 21.3. The van der Waals surface area contributed by atoms with Gasteiger partial charge in [-0.1, -0.05) is 39.0 Å². The van der Waals surface area contributed by atoms with Gasteiger partial charge in [0, 0.05) is 40.1 Å². The second-order valence-corrected chi connectivity index (χ2v) is 10.2. The number of fused-ring (bicyclic) bond motifs is 2. The minimum absolute atomic E-state index is 0.178. The Labute approximate surface area is 221 Å². The maximum Gasteiger partial charge on any atom is 0.229 e. The molecule has 0 saturated heterocycles. The summed E-state index contributed by atoms with van der Waals surface area (Å²) in [6, 6.07) is 13.1. The molecule has 0 saturated carbocycles. The first-order chi connectivity index (χ1) is 18.7. The zero-order valence-corrected chi connectivity index (χ0v) is 21.3. The van der Waals surface area contributed by atoms with E-state index in [2.05, 4.69) is 35.5 Å². The molecule has 0 atom stereocenters. The Balaban J connectivity index is 1.45. The Kier molecular flexibility index (Phi) is 5.67. The summed E-state index contributed by atoms with van der Waals surface area (Å²) in [6.07, 6.45) is 4.60. The van der Waals surface area contributed by atoms with Gasteiger partial charge in [0.15, 0.2) is 11.5 Å². The second kappa shape index (κ2) is 9.09. The lowest BCUT2D eigenvalue weighted by atomic mass is 9.95. The number of H-pyrrole nitrogens is 2. The van der Waals surface area contributed by atoms with Crippen molar-refractivity contribution in [1.29, 1.82) is 0 Å². The summed E-state index contributed by atoms with van der Waals surface area (Å²) in [7, 11) is 0. The van der Waals surface area contributed by atoms with Crippen molar-refractivity contribution in [3.05, 3.63) is 78.8 Å². The predicted molar refractivity (Wildman–Crippen MR) is 146 cm³/mol. The smallest absolute Gasteiger partial charge is 0.229 e. The van der Waals surface area contributed by atoms with Gasteiger partial charge >= 0.3 is 0 Å². The van der Waals surface area contributed by atoms with Crippen molar-refractivity contribution in [3.8, 4) is 33.8 Å². The van der Waals surface area contributed by atoms with Crippen LogP contribution in [0.4, 0.5) is 14.5 Å². The Morgan fingerprint density at radius 3 is 2.59 bits per heavy atom. The lowest BCUT2D eigenvalue weighted by Crippen LogP contribution is -2.27. The minimum atomic E-state index is -0.598. The fourth-order valence-corrected chi connectivity index (χ4v) is 4.37. The van der Waals surface area contributed by atoms with E-state index in [0.29, 0.717) is 39.1 Å². The van der Waals surface area contributed by atoms with Gasteiger partial charge in [0.05, 0.1) is 28.3 Å². The van der Waals surface area contributed by atoms with E-state index in [-0.39, 0.29) is 34.2 Å². The molecule has 39 heavy (non-hydrogen) atoms. The van der Waals surface area contributed by atoms with Crippen LogP contribution in [0.1, 0.15) is 20.8 Å². The van der Waals surface area contributed by atoms with Crippen molar-refractivity contribution >= 4 is 33.7 Å². The minimum Gasteiger partial charge on any atom is -0.335 e. The summed E-state index contributed by atoms with van der Waals surface area (Å²) >= 11 is 0. The van der Waals surface area contributed by atoms with E-state index in [0.717, 1.165) is 0 Å². The van der Waals surface area contributed by atoms with Crippen LogP contribution in [0.15, 0.2) is 67.1 Å². The van der Waals surface area contributed by atoms with Crippen molar-refractivity contribution in [2.45, 2.75) is 20.8 Å². The lowest BCUT2D eigenvalue weighted by molar-refractivity contribution is -0.123. The van der Waals surface area contributed by atoms with Crippen molar-refractivity contribution < 1.29 is 13.6 Å². The molecule has 3 N–H and O–H groups in total. The summed E-state index contributed by atoms with van der Waals surface area (Å²) in [5.41, 5.74) is 3.20. The quantitative estimate of drug-likeness (QED) is 0.244. The van der Waals surface area contributed by atoms with E-state index in [1.54, 1.807) is 69.4 Å². The molecule has 0 radical (unpaired) electrons. The molecule has 2 aromatic carbocycles. The first-order valence-electron chi connectivity index (χ1n) is 12.2. The molecule has 0 bridgehead atoms. The molecule has 10 heteroatoms. The molecule has 0 aliphatic carbocycles. The first-order valence-corrected chi connectivity index (χ1v) is 12.2. The van der Waals surface area contributed by atoms with Crippen LogP contribution >= 0.6 is 0 Å². The largest absolute Gasteiger partial charge is 0.335 e. The van der Waals surface area contributed by atoms with Gasteiger partial charge in [-0.25, -0.2) is 18.7 Å². The van der Waals surface area contributed by atoms with Gasteiger partial charge in [0.2, 0.25) is 5.91 Å². The highest BCUT2D eigenvalue weighted by molar-refractivity contribution is 5.98. The van der Waals surface area contributed by atoms with Crippen LogP contribution in [-0.4, -0.2) is 36.0 Å². The summed E-state index contributed by atoms with van der Waals surface area (Å²) < 4.78 is 30.6. The molecule has 4 heterocycles. The summed E-state index contributed by atoms with van der Waals surface area (Å²) in [6.45, 7) is 5.42. The van der Waals surface area contributed by atoms with Gasteiger partial charge < -0.3 is 10.3 Å². The Bertz CT molecular complexity index is 1880. The van der Waals surface area contributed by atoms with E-state index < -0.39 is 11.2 Å². The van der Waals surface area contributed by atoms with Gasteiger partial charge in [0.25, 0.3) is 0 Å². The number of aromatic amines is 2. The third-order valence-electron chi connectivity index (χ3n) is 6.44. The highest BCUT2D eigenvalue weighted by atomic mass is 19.1. The van der Waals surface area contributed by atoms with E-state index in [1.807, 2.05) is 0 Å². The van der Waals surface area contributed by atoms with Crippen LogP contribution in [0, 0.1) is 17.0 Å². The van der Waals surface area contributed by atoms with Gasteiger partial charge in [-0.3, -0.25) is 14.9 Å². The third-order valence-corrected chi connectivity index (χ3v) is 6.44. The summed E-state index contributed by atoms with van der Waals surface area (Å²) in [4.78, 5) is 28.6. The zero-order chi connectivity index (χ0) is 27.3. The number of carbonyl (C=O) groups is 1. The van der Waals surface area contributed by atoms with Gasteiger partial charge in [-0.2, -0.15) is 5.10 Å². The maximum absolute atomic E-state index is 16.1. The SMILES string of the molecule is CC(C)(C)C(=O)Nc1cncc(-c2ccc3[nH]nc(-c4nc5nccc(-c6ccccc6F)c5[nH]4)c3c2F)c1. The molecule has 0 fully saturated rings. The van der Waals surface area contributed by atoms with Crippen molar-refractivity contribution in [1.82, 2.24) is 30.1 Å². The second-order valence-electron chi connectivity index (χ2n) is 10.2. The molecule has 0 aliphatic rings. The number of amides is 1. The van der Waals surface area contributed by atoms with Crippen molar-refractivity contribution in [2.24, 2.45) is 5.41 Å². The number of imidazole rings is 1. The topological polar surface area (TPSA) is 112 Å². The molecule has 6 rings (SSSR count). The number of nitrogens with zero attached hydrogens (tertiary/aromatic N) is 4. The third kappa shape index (κ3) is 4.29. The van der Waals surface area contributed by atoms with Crippen LogP contribution < -0.4 is 5.32 Å². The number of benzene rings is 2. The summed E-state index contributed by atoms with van der Waals surface area (Å²) in [5.74, 6) is -0.799. The maximum atomic E-state index is 16.1. The fourth-order valence-electron chi connectivity index (χ4n) is 4.37. The molecule has 8 nitrogen and oxygen atoms in total. The number of nitrogens with one attached hydrogen (secondary N) is 3. The molecular weight excluding hydrogens is 500 g/mol. The Morgan fingerprint density at radius 2 is 1.79 bits per heavy atom. The van der Waals surface area contributed by atoms with Gasteiger partial charge in [-0.15, -0.1) is 0 Å². The fraction of sp³-hybridized carbons (Fsp3) is 0.138. The molecule has 4 aromatic heterocycles. The normalized spacial score (nSPS) is 11.8. The predicted octanol–water partition coefficient (Wildman–Crippen LogP) is 6.49. The van der Waals surface area contributed by atoms with Crippen LogP contribution in [0.3, 0.4) is 0 Å². The molecule has 194 valence electrons. The van der Waals surface area contributed by atoms with E-state index >= 15 is 4.39 Å². The number of carbonyl (C=O) groups excluding carboxylic acids is 1. The van der Waals surface area contributed by atoms with E-state index in [1.165, 1.54) is 18.5 Å². The van der Waals surface area contributed by atoms with E-state index in [4.69, 9.17) is 0 Å². The van der Waals surface area contributed by atoms with Gasteiger partial charge in [0.1, 0.15) is 17.3 Å². The monoisotopic (exact) mass is 523 g/mol. The number of rotatable bonds is 4.